The molecule has 1 rings (SSSR count). The predicted molar refractivity (Wildman–Crippen MR) is 81.7 cm³/mol. The van der Waals surface area contributed by atoms with Gasteiger partial charge in [0.2, 0.25) is 0 Å². The van der Waals surface area contributed by atoms with Crippen LogP contribution in [0.3, 0.4) is 0 Å². The minimum Gasteiger partial charge on any atom is -0.176 e. The van der Waals surface area contributed by atoms with Gasteiger partial charge in [-0.15, -0.1) is 0 Å². The summed E-state index contributed by atoms with van der Waals surface area (Å²) in [4.78, 5) is 0. The highest BCUT2D eigenvalue weighted by atomic mass is 32.1. The van der Waals surface area contributed by atoms with Gasteiger partial charge in [-0.25, -0.2) is 0 Å². The lowest BCUT2D eigenvalue weighted by Crippen LogP contribution is -2.26. The Morgan fingerprint density at radius 3 is 2.06 bits per heavy atom. The van der Waals surface area contributed by atoms with E-state index in [1.807, 2.05) is 0 Å². The van der Waals surface area contributed by atoms with Crippen molar-refractivity contribution in [2.45, 2.75) is 77.9 Å². The molecule has 1 saturated carbocycles. The van der Waals surface area contributed by atoms with Crippen LogP contribution in [0.5, 0.6) is 0 Å². The molecule has 0 heterocycles. The first kappa shape index (κ1) is 15.4. The molecule has 1 aliphatic carbocycles. The van der Waals surface area contributed by atoms with Gasteiger partial charge >= 0.3 is 0 Å². The van der Waals surface area contributed by atoms with Crippen molar-refractivity contribution in [3.63, 3.8) is 0 Å². The SMILES string of the molecule is CC(C)CCC1CCC(CCC(C)C)C(S)C1. The van der Waals surface area contributed by atoms with Crippen LogP contribution in [-0.4, -0.2) is 5.25 Å². The number of hydrogen-bond donors (Lipinski definition) is 1. The quantitative estimate of drug-likeness (QED) is 0.590. The summed E-state index contributed by atoms with van der Waals surface area (Å²) in [5.41, 5.74) is 0. The second kappa shape index (κ2) is 7.71. The molecule has 1 aliphatic rings. The van der Waals surface area contributed by atoms with Crippen LogP contribution in [-0.2, 0) is 0 Å². The van der Waals surface area contributed by atoms with Crippen LogP contribution in [0, 0.1) is 23.7 Å². The maximum absolute atomic E-state index is 4.86. The van der Waals surface area contributed by atoms with E-state index in [1.165, 1.54) is 44.9 Å². The molecule has 3 unspecified atom stereocenters. The van der Waals surface area contributed by atoms with Crippen LogP contribution in [0.4, 0.5) is 0 Å². The molecule has 3 atom stereocenters. The largest absolute Gasteiger partial charge is 0.176 e. The zero-order chi connectivity index (χ0) is 12.8. The van der Waals surface area contributed by atoms with Crippen LogP contribution in [0.15, 0.2) is 0 Å². The van der Waals surface area contributed by atoms with Crippen molar-refractivity contribution in [2.24, 2.45) is 23.7 Å². The summed E-state index contributed by atoms with van der Waals surface area (Å²) in [6.45, 7) is 9.35. The lowest BCUT2D eigenvalue weighted by atomic mass is 9.76. The fraction of sp³-hybridized carbons (Fsp3) is 1.00. The van der Waals surface area contributed by atoms with Crippen LogP contribution in [0.1, 0.15) is 72.6 Å². The molecule has 0 aliphatic heterocycles. The molecule has 102 valence electrons. The molecule has 1 heteroatoms. The summed E-state index contributed by atoms with van der Waals surface area (Å²) < 4.78 is 0. The highest BCUT2D eigenvalue weighted by Crippen LogP contribution is 2.37. The first-order chi connectivity index (χ1) is 7.99. The van der Waals surface area contributed by atoms with Crippen LogP contribution < -0.4 is 0 Å². The van der Waals surface area contributed by atoms with E-state index in [1.54, 1.807) is 0 Å². The van der Waals surface area contributed by atoms with E-state index in [2.05, 4.69) is 27.7 Å². The van der Waals surface area contributed by atoms with Gasteiger partial charge in [0.25, 0.3) is 0 Å². The van der Waals surface area contributed by atoms with E-state index < -0.39 is 0 Å². The van der Waals surface area contributed by atoms with Gasteiger partial charge in [0.1, 0.15) is 0 Å². The molecule has 0 bridgehead atoms. The maximum Gasteiger partial charge on any atom is 0.00477 e. The molecule has 0 aromatic carbocycles. The van der Waals surface area contributed by atoms with Gasteiger partial charge in [0, 0.05) is 5.25 Å². The van der Waals surface area contributed by atoms with E-state index in [9.17, 15) is 0 Å². The topological polar surface area (TPSA) is 0 Å². The Bertz CT molecular complexity index is 198. The standard InChI is InChI=1S/C16H32S/c1-12(2)5-7-14-8-10-15(16(17)11-14)9-6-13(3)4/h12-17H,5-11H2,1-4H3. The lowest BCUT2D eigenvalue weighted by Gasteiger charge is -2.34. The number of thiol groups is 1. The minimum atomic E-state index is 0.680. The van der Waals surface area contributed by atoms with E-state index in [0.717, 1.165) is 23.7 Å². The third-order valence-corrected chi connectivity index (χ3v) is 4.96. The van der Waals surface area contributed by atoms with Crippen LogP contribution in [0.2, 0.25) is 0 Å². The Balaban J connectivity index is 2.24. The maximum atomic E-state index is 4.86. The molecule has 0 amide bonds. The minimum absolute atomic E-state index is 0.680. The predicted octanol–water partition coefficient (Wildman–Crippen LogP) is 5.57. The van der Waals surface area contributed by atoms with E-state index >= 15 is 0 Å². The highest BCUT2D eigenvalue weighted by molar-refractivity contribution is 7.81. The normalized spacial score (nSPS) is 30.2. The summed E-state index contributed by atoms with van der Waals surface area (Å²) in [5, 5.41) is 0.680. The third kappa shape index (κ3) is 6.18. The molecule has 0 aromatic rings. The van der Waals surface area contributed by atoms with Crippen molar-refractivity contribution < 1.29 is 0 Å². The molecule has 0 saturated heterocycles. The summed E-state index contributed by atoms with van der Waals surface area (Å²) in [6.07, 6.45) is 9.91. The Morgan fingerprint density at radius 1 is 0.941 bits per heavy atom. The Hall–Kier alpha value is 0.350. The second-order valence-corrected chi connectivity index (χ2v) is 7.61. The first-order valence-electron chi connectivity index (χ1n) is 7.67. The molecule has 17 heavy (non-hydrogen) atoms. The monoisotopic (exact) mass is 256 g/mol. The lowest BCUT2D eigenvalue weighted by molar-refractivity contribution is 0.245. The zero-order valence-corrected chi connectivity index (χ0v) is 13.2. The van der Waals surface area contributed by atoms with Gasteiger partial charge in [0.15, 0.2) is 0 Å². The second-order valence-electron chi connectivity index (χ2n) is 6.95. The van der Waals surface area contributed by atoms with Gasteiger partial charge in [-0.1, -0.05) is 53.4 Å². The molecule has 0 nitrogen and oxygen atoms in total. The number of rotatable bonds is 6. The third-order valence-electron chi connectivity index (χ3n) is 4.33. The Labute approximate surface area is 114 Å². The molecule has 0 aromatic heterocycles. The van der Waals surface area contributed by atoms with Crippen molar-refractivity contribution in [1.82, 2.24) is 0 Å². The van der Waals surface area contributed by atoms with Gasteiger partial charge in [-0.05, 0) is 42.9 Å². The average molecular weight is 256 g/mol. The summed E-state index contributed by atoms with van der Waals surface area (Å²) >= 11 is 4.86. The van der Waals surface area contributed by atoms with Crippen molar-refractivity contribution in [2.75, 3.05) is 0 Å². The van der Waals surface area contributed by atoms with Crippen LogP contribution >= 0.6 is 12.6 Å². The molecule has 0 radical (unpaired) electrons. The van der Waals surface area contributed by atoms with Gasteiger partial charge in [0.05, 0.1) is 0 Å². The molecular formula is C16H32S. The van der Waals surface area contributed by atoms with E-state index in [-0.39, 0.29) is 0 Å². The molecule has 0 N–H and O–H groups in total. The fourth-order valence-electron chi connectivity index (χ4n) is 3.01. The van der Waals surface area contributed by atoms with Crippen molar-refractivity contribution >= 4 is 12.6 Å². The van der Waals surface area contributed by atoms with E-state index in [4.69, 9.17) is 12.6 Å². The molecule has 0 spiro atoms. The smallest absolute Gasteiger partial charge is 0.00477 e. The van der Waals surface area contributed by atoms with Crippen molar-refractivity contribution in [3.8, 4) is 0 Å². The highest BCUT2D eigenvalue weighted by Gasteiger charge is 2.27. The number of hydrogen-bond acceptors (Lipinski definition) is 1. The first-order valence-corrected chi connectivity index (χ1v) is 8.18. The average Bonchev–Trinajstić information content (AvgIpc) is 2.24. The Morgan fingerprint density at radius 2 is 1.53 bits per heavy atom. The summed E-state index contributed by atoms with van der Waals surface area (Å²) in [5.74, 6) is 3.59. The zero-order valence-electron chi connectivity index (χ0n) is 12.3. The molecule has 1 fully saturated rings. The van der Waals surface area contributed by atoms with Crippen molar-refractivity contribution in [3.05, 3.63) is 0 Å². The Kier molecular flexibility index (Phi) is 6.99. The van der Waals surface area contributed by atoms with E-state index in [0.29, 0.717) is 5.25 Å². The fourth-order valence-corrected chi connectivity index (χ4v) is 3.61. The van der Waals surface area contributed by atoms with Crippen molar-refractivity contribution in [1.29, 1.82) is 0 Å². The molecular weight excluding hydrogens is 224 g/mol. The van der Waals surface area contributed by atoms with Gasteiger partial charge in [-0.2, -0.15) is 12.6 Å². The van der Waals surface area contributed by atoms with Crippen LogP contribution in [0.25, 0.3) is 0 Å². The summed E-state index contributed by atoms with van der Waals surface area (Å²) in [7, 11) is 0. The van der Waals surface area contributed by atoms with Gasteiger partial charge in [-0.3, -0.25) is 0 Å². The summed E-state index contributed by atoms with van der Waals surface area (Å²) in [6, 6.07) is 0. The van der Waals surface area contributed by atoms with Gasteiger partial charge < -0.3 is 0 Å².